The van der Waals surface area contributed by atoms with Gasteiger partial charge in [0, 0.05) is 11.4 Å². The van der Waals surface area contributed by atoms with Crippen molar-refractivity contribution in [3.63, 3.8) is 0 Å². The van der Waals surface area contributed by atoms with Crippen molar-refractivity contribution >= 4 is 39.2 Å². The Balaban J connectivity index is 2.05. The van der Waals surface area contributed by atoms with Crippen molar-refractivity contribution in [3.05, 3.63) is 26.6 Å². The van der Waals surface area contributed by atoms with Gasteiger partial charge in [-0.1, -0.05) is 13.3 Å². The van der Waals surface area contributed by atoms with Gasteiger partial charge >= 0.3 is 0 Å². The number of aryl methyl sites for hydroxylation is 2. The minimum Gasteiger partial charge on any atom is -0.355 e. The Labute approximate surface area is 144 Å². The molecule has 1 atom stereocenters. The van der Waals surface area contributed by atoms with Crippen LogP contribution in [-0.4, -0.2) is 28.2 Å². The first kappa shape index (κ1) is 18.0. The number of nitrogens with zero attached hydrogens (tertiary/aromatic N) is 1. The van der Waals surface area contributed by atoms with Gasteiger partial charge in [0.1, 0.15) is 10.7 Å². The topological polar surface area (TPSA) is 74.8 Å². The number of aromatic nitrogens is 2. The van der Waals surface area contributed by atoms with Crippen molar-refractivity contribution in [2.24, 2.45) is 0 Å². The van der Waals surface area contributed by atoms with Crippen molar-refractivity contribution in [1.82, 2.24) is 15.3 Å². The Morgan fingerprint density at radius 3 is 2.87 bits per heavy atom. The van der Waals surface area contributed by atoms with E-state index in [1.165, 1.54) is 11.8 Å². The normalized spacial score (nSPS) is 12.5. The van der Waals surface area contributed by atoms with Gasteiger partial charge in [0.05, 0.1) is 16.4 Å². The minimum absolute atomic E-state index is 0.0292. The third kappa shape index (κ3) is 4.35. The van der Waals surface area contributed by atoms with E-state index < -0.39 is 0 Å². The van der Waals surface area contributed by atoms with Crippen LogP contribution in [0.4, 0.5) is 0 Å². The Bertz CT molecular complexity index is 752. The molecular formula is C16H23N3O2S2. The van der Waals surface area contributed by atoms with E-state index in [4.69, 9.17) is 0 Å². The average Bonchev–Trinajstić information content (AvgIpc) is 2.80. The molecule has 0 spiro atoms. The van der Waals surface area contributed by atoms with Gasteiger partial charge in [-0.25, -0.2) is 4.98 Å². The van der Waals surface area contributed by atoms with Crippen LogP contribution < -0.4 is 10.9 Å². The summed E-state index contributed by atoms with van der Waals surface area (Å²) in [6.07, 6.45) is 2.06. The molecule has 2 rings (SSSR count). The number of amides is 1. The van der Waals surface area contributed by atoms with Crippen LogP contribution >= 0.6 is 23.1 Å². The number of hydrogen-bond acceptors (Lipinski definition) is 5. The first-order valence-electron chi connectivity index (χ1n) is 7.82. The molecule has 2 heterocycles. The summed E-state index contributed by atoms with van der Waals surface area (Å²) in [7, 11) is 0. The van der Waals surface area contributed by atoms with Gasteiger partial charge in [-0.05, 0) is 32.8 Å². The minimum atomic E-state index is -0.0910. The lowest BCUT2D eigenvalue weighted by atomic mass is 10.2. The van der Waals surface area contributed by atoms with Gasteiger partial charge in [-0.2, -0.15) is 0 Å². The van der Waals surface area contributed by atoms with Gasteiger partial charge in [0.25, 0.3) is 5.56 Å². The fraction of sp³-hybridized carbons (Fsp3) is 0.562. The van der Waals surface area contributed by atoms with E-state index in [0.29, 0.717) is 17.0 Å². The Morgan fingerprint density at radius 2 is 2.17 bits per heavy atom. The van der Waals surface area contributed by atoms with E-state index in [1.54, 1.807) is 11.3 Å². The van der Waals surface area contributed by atoms with E-state index in [1.807, 2.05) is 20.8 Å². The monoisotopic (exact) mass is 353 g/mol. The van der Waals surface area contributed by atoms with Crippen molar-refractivity contribution in [3.8, 4) is 0 Å². The summed E-state index contributed by atoms with van der Waals surface area (Å²) in [6.45, 7) is 8.72. The molecule has 2 aromatic rings. The van der Waals surface area contributed by atoms with Gasteiger partial charge in [-0.15, -0.1) is 23.1 Å². The van der Waals surface area contributed by atoms with Gasteiger partial charge in [-0.3, -0.25) is 9.59 Å². The number of thiophene rings is 1. The molecule has 7 heteroatoms. The van der Waals surface area contributed by atoms with Crippen molar-refractivity contribution in [2.75, 3.05) is 12.3 Å². The highest BCUT2D eigenvalue weighted by Crippen LogP contribution is 2.29. The molecule has 0 fully saturated rings. The Hall–Kier alpha value is -1.34. The predicted molar refractivity (Wildman–Crippen MR) is 98.5 cm³/mol. The number of carbonyl (C=O) groups is 1. The molecule has 1 amide bonds. The maximum atomic E-state index is 12.3. The van der Waals surface area contributed by atoms with Crippen LogP contribution in [-0.2, 0) is 4.79 Å². The molecule has 0 aliphatic heterocycles. The largest absolute Gasteiger partial charge is 0.355 e. The molecule has 0 aliphatic rings. The molecule has 0 aliphatic carbocycles. The van der Waals surface area contributed by atoms with Gasteiger partial charge in [0.15, 0.2) is 0 Å². The second kappa shape index (κ2) is 7.97. The fourth-order valence-electron chi connectivity index (χ4n) is 2.20. The maximum absolute atomic E-state index is 12.3. The van der Waals surface area contributed by atoms with Crippen LogP contribution in [0.2, 0.25) is 0 Å². The van der Waals surface area contributed by atoms with Crippen molar-refractivity contribution in [2.45, 2.75) is 45.8 Å². The van der Waals surface area contributed by atoms with Crippen molar-refractivity contribution in [1.29, 1.82) is 0 Å². The van der Waals surface area contributed by atoms with Crippen molar-refractivity contribution < 1.29 is 4.79 Å². The zero-order valence-corrected chi connectivity index (χ0v) is 15.6. The number of H-pyrrole nitrogens is 1. The van der Waals surface area contributed by atoms with E-state index in [0.717, 1.165) is 34.7 Å². The highest BCUT2D eigenvalue weighted by molar-refractivity contribution is 8.00. The summed E-state index contributed by atoms with van der Waals surface area (Å²) in [5.41, 5.74) is 0.910. The van der Waals surface area contributed by atoms with E-state index in [2.05, 4.69) is 22.2 Å². The SMILES string of the molecule is CCCCNC(=O)CS[C@H](C)c1nc2sc(C)c(C)c2c(=O)[nH]1. The highest BCUT2D eigenvalue weighted by atomic mass is 32.2. The molecule has 0 saturated carbocycles. The first-order valence-corrected chi connectivity index (χ1v) is 9.68. The third-order valence-electron chi connectivity index (χ3n) is 3.76. The number of fused-ring (bicyclic) bond motifs is 1. The summed E-state index contributed by atoms with van der Waals surface area (Å²) >= 11 is 3.03. The number of unbranched alkanes of at least 4 members (excludes halogenated alkanes) is 1. The second-order valence-corrected chi connectivity index (χ2v) is 8.10. The van der Waals surface area contributed by atoms with Crippen LogP contribution in [0, 0.1) is 13.8 Å². The highest BCUT2D eigenvalue weighted by Gasteiger charge is 2.16. The zero-order valence-electron chi connectivity index (χ0n) is 14.0. The van der Waals surface area contributed by atoms with Gasteiger partial charge < -0.3 is 10.3 Å². The molecule has 0 aromatic carbocycles. The van der Waals surface area contributed by atoms with Gasteiger partial charge in [0.2, 0.25) is 5.91 Å². The molecular weight excluding hydrogens is 330 g/mol. The number of hydrogen-bond donors (Lipinski definition) is 2. The first-order chi connectivity index (χ1) is 10.9. The lowest BCUT2D eigenvalue weighted by molar-refractivity contribution is -0.118. The Kier molecular flexibility index (Phi) is 6.24. The number of thioether (sulfide) groups is 1. The number of rotatable bonds is 7. The molecule has 0 saturated heterocycles. The van der Waals surface area contributed by atoms with Crippen LogP contribution in [0.15, 0.2) is 4.79 Å². The zero-order chi connectivity index (χ0) is 17.0. The van der Waals surface area contributed by atoms with E-state index in [-0.39, 0.29) is 16.7 Å². The smallest absolute Gasteiger partial charge is 0.259 e. The average molecular weight is 354 g/mol. The molecule has 0 bridgehead atoms. The van der Waals surface area contributed by atoms with E-state index >= 15 is 0 Å². The molecule has 23 heavy (non-hydrogen) atoms. The molecule has 5 nitrogen and oxygen atoms in total. The summed E-state index contributed by atoms with van der Waals surface area (Å²) in [5, 5.41) is 3.54. The van der Waals surface area contributed by atoms with Crippen LogP contribution in [0.3, 0.4) is 0 Å². The summed E-state index contributed by atoms with van der Waals surface area (Å²) in [4.78, 5) is 33.4. The summed E-state index contributed by atoms with van der Waals surface area (Å²) in [6, 6.07) is 0. The number of carbonyl (C=O) groups excluding carboxylic acids is 1. The van der Waals surface area contributed by atoms with E-state index in [9.17, 15) is 9.59 Å². The molecule has 0 radical (unpaired) electrons. The quantitative estimate of drug-likeness (QED) is 0.749. The molecule has 0 unspecified atom stereocenters. The van der Waals surface area contributed by atoms with Crippen LogP contribution in [0.5, 0.6) is 0 Å². The maximum Gasteiger partial charge on any atom is 0.259 e. The second-order valence-electron chi connectivity index (χ2n) is 5.57. The number of aromatic amines is 1. The lowest BCUT2D eigenvalue weighted by Gasteiger charge is -2.10. The third-order valence-corrected chi connectivity index (χ3v) is 6.01. The van der Waals surface area contributed by atoms with Crippen LogP contribution in [0.1, 0.15) is 48.2 Å². The van der Waals surface area contributed by atoms with Crippen LogP contribution in [0.25, 0.3) is 10.2 Å². The number of nitrogens with one attached hydrogen (secondary N) is 2. The lowest BCUT2D eigenvalue weighted by Crippen LogP contribution is -2.26. The molecule has 2 N–H and O–H groups in total. The standard InChI is InChI=1S/C16H23N3O2S2/c1-5-6-7-17-12(20)8-22-11(4)14-18-15(21)13-9(2)10(3)23-16(13)19-14/h11H,5-8H2,1-4H3,(H,17,20)(H,18,19,21)/t11-/m1/s1. The fourth-order valence-corrected chi connectivity index (χ4v) is 4.01. The molecule has 126 valence electrons. The molecule has 2 aromatic heterocycles. The predicted octanol–water partition coefficient (Wildman–Crippen LogP) is 3.31. The summed E-state index contributed by atoms with van der Waals surface area (Å²) in [5.74, 6) is 1.03. The summed E-state index contributed by atoms with van der Waals surface area (Å²) < 4.78 is 0. The Morgan fingerprint density at radius 1 is 1.43 bits per heavy atom.